The second-order valence-corrected chi connectivity index (χ2v) is 7.34. The molecule has 24 heavy (non-hydrogen) atoms. The molecule has 0 amide bonds. The molecule has 1 aliphatic carbocycles. The minimum Gasteiger partial charge on any atom is -0.361 e. The van der Waals surface area contributed by atoms with E-state index in [1.165, 1.54) is 11.3 Å². The fourth-order valence-electron chi connectivity index (χ4n) is 3.81. The van der Waals surface area contributed by atoms with Crippen molar-refractivity contribution in [1.29, 1.82) is 0 Å². The number of benzene rings is 1. The van der Waals surface area contributed by atoms with Crippen LogP contribution in [0.1, 0.15) is 25.7 Å². The molecule has 5 nitrogen and oxygen atoms in total. The summed E-state index contributed by atoms with van der Waals surface area (Å²) in [6.07, 6.45) is 4.29. The molecule has 1 N–H and O–H groups in total. The average molecular weight is 336 g/mol. The normalized spacial score (nSPS) is 17.3. The highest BCUT2D eigenvalue weighted by Gasteiger charge is 2.42. The van der Waals surface area contributed by atoms with Crippen molar-refractivity contribution in [2.24, 2.45) is 0 Å². The lowest BCUT2D eigenvalue weighted by Gasteiger charge is -2.39. The highest BCUT2D eigenvalue weighted by molar-refractivity contribution is 7.13. The zero-order chi connectivity index (χ0) is 16.1. The number of nitrogens with zero attached hydrogens (tertiary/aromatic N) is 3. The number of aromatic nitrogens is 3. The highest BCUT2D eigenvalue weighted by Crippen LogP contribution is 2.44. The number of fused-ring (bicyclic) bond motifs is 4. The lowest BCUT2D eigenvalue weighted by molar-refractivity contribution is 0.300. The molecule has 6 heteroatoms. The molecule has 2 aliphatic rings. The largest absolute Gasteiger partial charge is 0.361 e. The van der Waals surface area contributed by atoms with Crippen LogP contribution < -0.4 is 10.9 Å². The Morgan fingerprint density at radius 3 is 2.75 bits per heavy atom. The first-order valence-electron chi connectivity index (χ1n) is 8.20. The lowest BCUT2D eigenvalue weighted by Crippen LogP contribution is -2.45. The Hall–Kier alpha value is -2.47. The molecule has 1 saturated carbocycles. The fraction of sp³-hybridized carbons (Fsp3) is 0.278. The van der Waals surface area contributed by atoms with Crippen molar-refractivity contribution < 1.29 is 0 Å². The predicted molar refractivity (Wildman–Crippen MR) is 95.1 cm³/mol. The van der Waals surface area contributed by atoms with Crippen LogP contribution in [-0.2, 0) is 5.66 Å². The van der Waals surface area contributed by atoms with Gasteiger partial charge in [0.15, 0.2) is 11.5 Å². The Labute approximate surface area is 143 Å². The van der Waals surface area contributed by atoms with Crippen molar-refractivity contribution in [2.75, 3.05) is 5.32 Å². The molecule has 0 bridgehead atoms. The summed E-state index contributed by atoms with van der Waals surface area (Å²) in [7, 11) is 0. The maximum absolute atomic E-state index is 12.6. The Bertz CT molecular complexity index is 971. The summed E-state index contributed by atoms with van der Waals surface area (Å²) in [5.74, 6) is 0.677. The quantitative estimate of drug-likeness (QED) is 0.736. The first kappa shape index (κ1) is 13.9. The van der Waals surface area contributed by atoms with Gasteiger partial charge in [-0.25, -0.2) is 4.68 Å². The molecule has 3 aromatic rings. The second kappa shape index (κ2) is 5.01. The zero-order valence-electron chi connectivity index (χ0n) is 13.0. The van der Waals surface area contributed by atoms with Crippen molar-refractivity contribution in [3.05, 3.63) is 52.1 Å². The molecule has 1 aromatic carbocycles. The van der Waals surface area contributed by atoms with Crippen LogP contribution in [0, 0.1) is 0 Å². The van der Waals surface area contributed by atoms with Crippen molar-refractivity contribution in [3.8, 4) is 22.0 Å². The van der Waals surface area contributed by atoms with Crippen molar-refractivity contribution in [1.82, 2.24) is 14.8 Å². The third-order valence-electron chi connectivity index (χ3n) is 4.94. The van der Waals surface area contributed by atoms with E-state index in [1.54, 1.807) is 0 Å². The third-order valence-corrected chi connectivity index (χ3v) is 5.81. The Morgan fingerprint density at radius 2 is 1.96 bits per heavy atom. The maximum atomic E-state index is 12.6. The minimum atomic E-state index is -0.267. The Morgan fingerprint density at radius 1 is 1.12 bits per heavy atom. The van der Waals surface area contributed by atoms with Crippen LogP contribution >= 0.6 is 11.3 Å². The highest BCUT2D eigenvalue weighted by atomic mass is 32.1. The molecule has 0 atom stereocenters. The van der Waals surface area contributed by atoms with Gasteiger partial charge < -0.3 is 5.32 Å². The standard InChI is InChI=1S/C18H16N4OS/c23-17-15(14-8-5-11-24-14)21-22-16(19-17)12-6-1-2-7-13(12)20-18(22)9-3-4-10-18/h1-2,5-8,11,20H,3-4,9-10H2. The Kier molecular flexibility index (Phi) is 2.91. The number of hydrogen-bond acceptors (Lipinski definition) is 5. The van der Waals surface area contributed by atoms with Crippen LogP contribution in [0.5, 0.6) is 0 Å². The van der Waals surface area contributed by atoms with Gasteiger partial charge in [-0.1, -0.05) is 18.2 Å². The van der Waals surface area contributed by atoms with Crippen LogP contribution in [0.3, 0.4) is 0 Å². The topological polar surface area (TPSA) is 59.8 Å². The van der Waals surface area contributed by atoms with Crippen LogP contribution in [0.4, 0.5) is 5.69 Å². The van der Waals surface area contributed by atoms with Gasteiger partial charge in [0.2, 0.25) is 0 Å². The van der Waals surface area contributed by atoms with Gasteiger partial charge in [-0.05, 0) is 49.3 Å². The molecule has 3 heterocycles. The van der Waals surface area contributed by atoms with E-state index in [4.69, 9.17) is 5.10 Å². The van der Waals surface area contributed by atoms with E-state index in [2.05, 4.69) is 16.4 Å². The average Bonchev–Trinajstić information content (AvgIpc) is 3.27. The van der Waals surface area contributed by atoms with E-state index in [0.717, 1.165) is 41.8 Å². The van der Waals surface area contributed by atoms with Gasteiger partial charge in [0.25, 0.3) is 0 Å². The first-order chi connectivity index (χ1) is 11.8. The van der Waals surface area contributed by atoms with Crippen LogP contribution in [0.25, 0.3) is 22.0 Å². The molecule has 0 radical (unpaired) electrons. The summed E-state index contributed by atoms with van der Waals surface area (Å²) in [6, 6.07) is 11.9. The SMILES string of the molecule is O=c1nc2n(nc1-c1cccs1)C1(CCCC1)Nc1ccccc1-2. The molecule has 2 aromatic heterocycles. The van der Waals surface area contributed by atoms with Crippen molar-refractivity contribution >= 4 is 17.0 Å². The van der Waals surface area contributed by atoms with Gasteiger partial charge in [0.05, 0.1) is 4.88 Å². The van der Waals surface area contributed by atoms with Crippen LogP contribution in [-0.4, -0.2) is 14.8 Å². The van der Waals surface area contributed by atoms with E-state index < -0.39 is 0 Å². The summed E-state index contributed by atoms with van der Waals surface area (Å²) in [5, 5.41) is 10.4. The lowest BCUT2D eigenvalue weighted by atomic mass is 10.0. The third kappa shape index (κ3) is 1.89. The minimum absolute atomic E-state index is 0.256. The summed E-state index contributed by atoms with van der Waals surface area (Å²) >= 11 is 1.52. The van der Waals surface area contributed by atoms with Crippen LogP contribution in [0.2, 0.25) is 0 Å². The summed E-state index contributed by atoms with van der Waals surface area (Å²) < 4.78 is 1.97. The molecule has 5 rings (SSSR count). The molecule has 120 valence electrons. The number of thiophene rings is 1. The number of rotatable bonds is 1. The summed E-state index contributed by atoms with van der Waals surface area (Å²) in [6.45, 7) is 0. The number of para-hydroxylation sites is 1. The second-order valence-electron chi connectivity index (χ2n) is 6.39. The predicted octanol–water partition coefficient (Wildman–Crippen LogP) is 3.69. The van der Waals surface area contributed by atoms with E-state index in [0.29, 0.717) is 11.5 Å². The van der Waals surface area contributed by atoms with E-state index in [-0.39, 0.29) is 11.2 Å². The fourth-order valence-corrected chi connectivity index (χ4v) is 4.52. The van der Waals surface area contributed by atoms with E-state index in [1.807, 2.05) is 40.4 Å². The number of hydrogen-bond donors (Lipinski definition) is 1. The van der Waals surface area contributed by atoms with E-state index in [9.17, 15) is 4.79 Å². The first-order valence-corrected chi connectivity index (χ1v) is 9.08. The van der Waals surface area contributed by atoms with Gasteiger partial charge in [0.1, 0.15) is 5.66 Å². The smallest absolute Gasteiger partial charge is 0.300 e. The zero-order valence-corrected chi connectivity index (χ0v) is 13.8. The van der Waals surface area contributed by atoms with E-state index >= 15 is 0 Å². The van der Waals surface area contributed by atoms with Gasteiger partial charge in [-0.15, -0.1) is 11.3 Å². The van der Waals surface area contributed by atoms with Crippen molar-refractivity contribution in [2.45, 2.75) is 31.3 Å². The summed E-state index contributed by atoms with van der Waals surface area (Å²) in [5.41, 5.74) is 1.90. The van der Waals surface area contributed by atoms with Gasteiger partial charge in [-0.3, -0.25) is 4.79 Å². The van der Waals surface area contributed by atoms with Gasteiger partial charge in [0, 0.05) is 11.3 Å². The summed E-state index contributed by atoms with van der Waals surface area (Å²) in [4.78, 5) is 17.9. The molecule has 1 aliphatic heterocycles. The molecule has 0 saturated heterocycles. The molecule has 1 fully saturated rings. The Balaban J connectivity index is 1.81. The van der Waals surface area contributed by atoms with Crippen molar-refractivity contribution in [3.63, 3.8) is 0 Å². The number of nitrogens with one attached hydrogen (secondary N) is 1. The molecular formula is C18H16N4OS. The molecule has 1 spiro atoms. The maximum Gasteiger partial charge on any atom is 0.300 e. The van der Waals surface area contributed by atoms with Gasteiger partial charge >= 0.3 is 5.56 Å². The monoisotopic (exact) mass is 336 g/mol. The molecule has 0 unspecified atom stereocenters. The molecular weight excluding hydrogens is 320 g/mol. The van der Waals surface area contributed by atoms with Crippen LogP contribution in [0.15, 0.2) is 46.6 Å². The number of anilines is 1. The van der Waals surface area contributed by atoms with Gasteiger partial charge in [-0.2, -0.15) is 10.1 Å².